The summed E-state index contributed by atoms with van der Waals surface area (Å²) in [7, 11) is 0. The molecular weight excluding hydrogens is 232 g/mol. The maximum atomic E-state index is 11.6. The van der Waals surface area contributed by atoms with Gasteiger partial charge in [-0.25, -0.2) is 0 Å². The van der Waals surface area contributed by atoms with E-state index in [0.29, 0.717) is 25.7 Å². The van der Waals surface area contributed by atoms with Gasteiger partial charge in [-0.2, -0.15) is 0 Å². The first-order chi connectivity index (χ1) is 8.76. The number of carbonyl (C=O) groups is 1. The molecule has 102 valence electrons. The van der Waals surface area contributed by atoms with Crippen molar-refractivity contribution in [3.05, 3.63) is 0 Å². The third kappa shape index (κ3) is 3.02. The van der Waals surface area contributed by atoms with Crippen molar-refractivity contribution >= 4 is 5.91 Å². The van der Waals surface area contributed by atoms with Gasteiger partial charge in [0.1, 0.15) is 0 Å². The molecular formula is C13H22N2O3. The standard InChI is InChI=1S/C13H22N2O3/c16-12(14-11-2-3-11)4-7-15-6-1-5-13(10-15)17-8-9-18-13/h11H,1-10H2,(H,14,16). The van der Waals surface area contributed by atoms with E-state index in [1.807, 2.05) is 0 Å². The van der Waals surface area contributed by atoms with Crippen LogP contribution in [-0.4, -0.2) is 55.5 Å². The average molecular weight is 254 g/mol. The van der Waals surface area contributed by atoms with Gasteiger partial charge in [0.05, 0.1) is 19.8 Å². The van der Waals surface area contributed by atoms with Crippen molar-refractivity contribution in [1.29, 1.82) is 0 Å². The monoisotopic (exact) mass is 254 g/mol. The minimum atomic E-state index is -0.370. The number of amides is 1. The lowest BCUT2D eigenvalue weighted by atomic mass is 10.0. The van der Waals surface area contributed by atoms with E-state index >= 15 is 0 Å². The summed E-state index contributed by atoms with van der Waals surface area (Å²) in [4.78, 5) is 13.9. The molecule has 5 heteroatoms. The minimum Gasteiger partial charge on any atom is -0.353 e. The highest BCUT2D eigenvalue weighted by Crippen LogP contribution is 2.30. The fourth-order valence-corrected chi connectivity index (χ4v) is 2.78. The number of nitrogens with zero attached hydrogens (tertiary/aromatic N) is 1. The third-order valence-corrected chi connectivity index (χ3v) is 3.91. The first-order valence-corrected chi connectivity index (χ1v) is 7.05. The fourth-order valence-electron chi connectivity index (χ4n) is 2.78. The average Bonchev–Trinajstić information content (AvgIpc) is 3.07. The van der Waals surface area contributed by atoms with Crippen molar-refractivity contribution in [3.8, 4) is 0 Å². The van der Waals surface area contributed by atoms with Crippen molar-refractivity contribution in [3.63, 3.8) is 0 Å². The molecule has 1 amide bonds. The van der Waals surface area contributed by atoms with Crippen molar-refractivity contribution < 1.29 is 14.3 Å². The Kier molecular flexibility index (Phi) is 3.54. The Labute approximate surface area is 108 Å². The molecule has 0 radical (unpaired) electrons. The Morgan fingerprint density at radius 2 is 2.11 bits per heavy atom. The summed E-state index contributed by atoms with van der Waals surface area (Å²) < 4.78 is 11.5. The summed E-state index contributed by atoms with van der Waals surface area (Å²) in [5, 5.41) is 3.03. The summed E-state index contributed by atoms with van der Waals surface area (Å²) in [5.41, 5.74) is 0. The molecule has 0 aromatic carbocycles. The molecule has 3 rings (SSSR count). The lowest BCUT2D eigenvalue weighted by Crippen LogP contribution is -2.49. The van der Waals surface area contributed by atoms with E-state index < -0.39 is 0 Å². The number of carbonyl (C=O) groups excluding carboxylic acids is 1. The van der Waals surface area contributed by atoms with Gasteiger partial charge in [-0.15, -0.1) is 0 Å². The highest BCUT2D eigenvalue weighted by atomic mass is 16.7. The van der Waals surface area contributed by atoms with Crippen molar-refractivity contribution in [1.82, 2.24) is 10.2 Å². The number of hydrogen-bond donors (Lipinski definition) is 1. The molecule has 0 aromatic rings. The molecule has 2 saturated heterocycles. The molecule has 2 heterocycles. The number of hydrogen-bond acceptors (Lipinski definition) is 4. The van der Waals surface area contributed by atoms with E-state index in [2.05, 4.69) is 10.2 Å². The lowest BCUT2D eigenvalue weighted by molar-refractivity contribution is -0.189. The first kappa shape index (κ1) is 12.4. The molecule has 0 aromatic heterocycles. The third-order valence-electron chi connectivity index (χ3n) is 3.91. The Morgan fingerprint density at radius 3 is 2.83 bits per heavy atom. The van der Waals surface area contributed by atoms with E-state index in [0.717, 1.165) is 45.3 Å². The summed E-state index contributed by atoms with van der Waals surface area (Å²) in [6.07, 6.45) is 4.97. The zero-order valence-corrected chi connectivity index (χ0v) is 10.8. The predicted molar refractivity (Wildman–Crippen MR) is 66.1 cm³/mol. The smallest absolute Gasteiger partial charge is 0.221 e. The summed E-state index contributed by atoms with van der Waals surface area (Å²) >= 11 is 0. The minimum absolute atomic E-state index is 0.186. The molecule has 0 bridgehead atoms. The van der Waals surface area contributed by atoms with Gasteiger partial charge in [0.15, 0.2) is 5.79 Å². The van der Waals surface area contributed by atoms with Gasteiger partial charge in [-0.3, -0.25) is 9.69 Å². The maximum absolute atomic E-state index is 11.6. The maximum Gasteiger partial charge on any atom is 0.221 e. The molecule has 3 aliphatic rings. The van der Waals surface area contributed by atoms with Crippen LogP contribution in [0.4, 0.5) is 0 Å². The molecule has 2 aliphatic heterocycles. The number of ether oxygens (including phenoxy) is 2. The second kappa shape index (κ2) is 5.15. The van der Waals surface area contributed by atoms with Crippen molar-refractivity contribution in [2.24, 2.45) is 0 Å². The molecule has 0 atom stereocenters. The quantitative estimate of drug-likeness (QED) is 0.793. The molecule has 5 nitrogen and oxygen atoms in total. The number of likely N-dealkylation sites (tertiary alicyclic amines) is 1. The van der Waals surface area contributed by atoms with Gasteiger partial charge in [0, 0.05) is 25.4 Å². The van der Waals surface area contributed by atoms with Crippen LogP contribution in [-0.2, 0) is 14.3 Å². The Bertz CT molecular complexity index is 311. The normalized spacial score (nSPS) is 27.6. The fraction of sp³-hybridized carbons (Fsp3) is 0.923. The van der Waals surface area contributed by atoms with Crippen LogP contribution >= 0.6 is 0 Å². The highest BCUT2D eigenvalue weighted by Gasteiger charge is 2.40. The first-order valence-electron chi connectivity index (χ1n) is 7.05. The summed E-state index contributed by atoms with van der Waals surface area (Å²) in [6, 6.07) is 0.465. The van der Waals surface area contributed by atoms with Gasteiger partial charge >= 0.3 is 0 Å². The Hall–Kier alpha value is -0.650. The summed E-state index contributed by atoms with van der Waals surface area (Å²) in [5.74, 6) is -0.184. The topological polar surface area (TPSA) is 50.8 Å². The van der Waals surface area contributed by atoms with Crippen LogP contribution in [0.15, 0.2) is 0 Å². The molecule has 18 heavy (non-hydrogen) atoms. The highest BCUT2D eigenvalue weighted by molar-refractivity contribution is 5.76. The Balaban J connectivity index is 1.42. The van der Waals surface area contributed by atoms with Crippen molar-refractivity contribution in [2.75, 3.05) is 32.8 Å². The van der Waals surface area contributed by atoms with E-state index in [1.165, 1.54) is 0 Å². The van der Waals surface area contributed by atoms with Crippen LogP contribution in [0.1, 0.15) is 32.1 Å². The predicted octanol–water partition coefficient (Wildman–Crippen LogP) is 0.494. The van der Waals surface area contributed by atoms with Crippen LogP contribution in [0.3, 0.4) is 0 Å². The van der Waals surface area contributed by atoms with E-state index in [4.69, 9.17) is 9.47 Å². The second-order valence-electron chi connectivity index (χ2n) is 5.58. The molecule has 1 spiro atoms. The van der Waals surface area contributed by atoms with E-state index in [9.17, 15) is 4.79 Å². The van der Waals surface area contributed by atoms with E-state index in [-0.39, 0.29) is 11.7 Å². The molecule has 1 N–H and O–H groups in total. The molecule has 3 fully saturated rings. The van der Waals surface area contributed by atoms with Crippen LogP contribution < -0.4 is 5.32 Å². The number of rotatable bonds is 4. The summed E-state index contributed by atoms with van der Waals surface area (Å²) in [6.45, 7) is 4.08. The van der Waals surface area contributed by atoms with E-state index in [1.54, 1.807) is 0 Å². The van der Waals surface area contributed by atoms with Crippen molar-refractivity contribution in [2.45, 2.75) is 43.9 Å². The zero-order valence-electron chi connectivity index (χ0n) is 10.8. The Morgan fingerprint density at radius 1 is 1.33 bits per heavy atom. The van der Waals surface area contributed by atoms with Gasteiger partial charge < -0.3 is 14.8 Å². The lowest BCUT2D eigenvalue weighted by Gasteiger charge is -2.38. The zero-order chi connectivity index (χ0) is 12.4. The molecule has 1 aliphatic carbocycles. The van der Waals surface area contributed by atoms with Crippen LogP contribution in [0.25, 0.3) is 0 Å². The molecule has 0 unspecified atom stereocenters. The van der Waals surface area contributed by atoms with Gasteiger partial charge in [0.25, 0.3) is 0 Å². The SMILES string of the molecule is O=C(CCN1CCCC2(C1)OCCO2)NC1CC1. The number of piperidine rings is 1. The van der Waals surface area contributed by atoms with Gasteiger partial charge in [-0.1, -0.05) is 0 Å². The largest absolute Gasteiger partial charge is 0.353 e. The van der Waals surface area contributed by atoms with Gasteiger partial charge in [0.2, 0.25) is 5.91 Å². The second-order valence-corrected chi connectivity index (χ2v) is 5.58. The van der Waals surface area contributed by atoms with Crippen LogP contribution in [0, 0.1) is 0 Å². The van der Waals surface area contributed by atoms with Gasteiger partial charge in [-0.05, 0) is 25.8 Å². The van der Waals surface area contributed by atoms with Crippen LogP contribution in [0.2, 0.25) is 0 Å². The van der Waals surface area contributed by atoms with Crippen LogP contribution in [0.5, 0.6) is 0 Å². The number of nitrogens with one attached hydrogen (secondary N) is 1. The molecule has 1 saturated carbocycles.